The largest absolute Gasteiger partial charge is 0.343 e. The highest BCUT2D eigenvalue weighted by Gasteiger charge is 2.26. The van der Waals surface area contributed by atoms with Crippen LogP contribution in [0.15, 0.2) is 0 Å². The SMILES string of the molecule is CC1CCNC(C(=O)N(C)CCN(C)C)C1. The number of carbonyl (C=O) groups is 1. The van der Waals surface area contributed by atoms with Crippen LogP contribution in [0.1, 0.15) is 19.8 Å². The average molecular weight is 227 g/mol. The van der Waals surface area contributed by atoms with E-state index in [4.69, 9.17) is 0 Å². The maximum Gasteiger partial charge on any atom is 0.239 e. The molecule has 0 bridgehead atoms. The molecular formula is C12H25N3O. The molecule has 1 rings (SSSR count). The third-order valence-corrected chi connectivity index (χ3v) is 3.22. The van der Waals surface area contributed by atoms with Gasteiger partial charge in [0.2, 0.25) is 5.91 Å². The molecule has 1 saturated heterocycles. The van der Waals surface area contributed by atoms with Crippen LogP contribution in [0.25, 0.3) is 0 Å². The van der Waals surface area contributed by atoms with Crippen LogP contribution < -0.4 is 5.32 Å². The van der Waals surface area contributed by atoms with E-state index in [1.165, 1.54) is 6.42 Å². The number of nitrogens with zero attached hydrogens (tertiary/aromatic N) is 2. The molecule has 0 radical (unpaired) electrons. The lowest BCUT2D eigenvalue weighted by Gasteiger charge is -2.31. The van der Waals surface area contributed by atoms with Gasteiger partial charge >= 0.3 is 0 Å². The second kappa shape index (κ2) is 6.21. The minimum atomic E-state index is 0.0379. The second-order valence-electron chi connectivity index (χ2n) is 5.20. The molecule has 0 spiro atoms. The lowest BCUT2D eigenvalue weighted by Crippen LogP contribution is -2.49. The van der Waals surface area contributed by atoms with Gasteiger partial charge in [0.15, 0.2) is 0 Å². The number of carbonyl (C=O) groups excluding carboxylic acids is 1. The van der Waals surface area contributed by atoms with Crippen molar-refractivity contribution in [1.82, 2.24) is 15.1 Å². The van der Waals surface area contributed by atoms with E-state index in [1.807, 2.05) is 26.0 Å². The van der Waals surface area contributed by atoms with Gasteiger partial charge in [0.05, 0.1) is 6.04 Å². The zero-order chi connectivity index (χ0) is 12.1. The summed E-state index contributed by atoms with van der Waals surface area (Å²) in [4.78, 5) is 16.0. The maximum atomic E-state index is 12.1. The first-order chi connectivity index (χ1) is 7.50. The molecular weight excluding hydrogens is 202 g/mol. The number of amides is 1. The van der Waals surface area contributed by atoms with E-state index in [0.29, 0.717) is 5.92 Å². The van der Waals surface area contributed by atoms with Gasteiger partial charge in [-0.25, -0.2) is 0 Å². The van der Waals surface area contributed by atoms with Crippen LogP contribution in [0.5, 0.6) is 0 Å². The fourth-order valence-corrected chi connectivity index (χ4v) is 2.02. The van der Waals surface area contributed by atoms with Gasteiger partial charge in [0.25, 0.3) is 0 Å². The van der Waals surface area contributed by atoms with E-state index < -0.39 is 0 Å². The average Bonchev–Trinajstić information content (AvgIpc) is 2.24. The smallest absolute Gasteiger partial charge is 0.239 e. The zero-order valence-electron chi connectivity index (χ0n) is 11.0. The van der Waals surface area contributed by atoms with Crippen LogP contribution in [0.2, 0.25) is 0 Å². The summed E-state index contributed by atoms with van der Waals surface area (Å²) >= 11 is 0. The molecule has 0 aromatic heterocycles. The number of piperidine rings is 1. The Morgan fingerprint density at radius 2 is 2.00 bits per heavy atom. The van der Waals surface area contributed by atoms with Crippen molar-refractivity contribution >= 4 is 5.91 Å². The van der Waals surface area contributed by atoms with Crippen molar-refractivity contribution in [3.63, 3.8) is 0 Å². The van der Waals surface area contributed by atoms with Crippen molar-refractivity contribution in [3.05, 3.63) is 0 Å². The van der Waals surface area contributed by atoms with Crippen LogP contribution in [0.3, 0.4) is 0 Å². The number of hydrogen-bond donors (Lipinski definition) is 1. The summed E-state index contributed by atoms with van der Waals surface area (Å²) in [7, 11) is 5.95. The molecule has 94 valence electrons. The maximum absolute atomic E-state index is 12.1. The Morgan fingerprint density at radius 1 is 1.31 bits per heavy atom. The van der Waals surface area contributed by atoms with E-state index in [1.54, 1.807) is 0 Å². The number of rotatable bonds is 4. The molecule has 16 heavy (non-hydrogen) atoms. The highest BCUT2D eigenvalue weighted by molar-refractivity contribution is 5.81. The Hall–Kier alpha value is -0.610. The topological polar surface area (TPSA) is 35.6 Å². The quantitative estimate of drug-likeness (QED) is 0.755. The molecule has 1 fully saturated rings. The van der Waals surface area contributed by atoms with Crippen molar-refractivity contribution in [2.75, 3.05) is 40.8 Å². The third kappa shape index (κ3) is 4.10. The van der Waals surface area contributed by atoms with E-state index in [2.05, 4.69) is 17.1 Å². The van der Waals surface area contributed by atoms with E-state index in [0.717, 1.165) is 26.1 Å². The molecule has 1 amide bonds. The van der Waals surface area contributed by atoms with Crippen molar-refractivity contribution in [2.24, 2.45) is 5.92 Å². The summed E-state index contributed by atoms with van der Waals surface area (Å²) < 4.78 is 0. The molecule has 0 aromatic carbocycles. The fourth-order valence-electron chi connectivity index (χ4n) is 2.02. The molecule has 4 nitrogen and oxygen atoms in total. The van der Waals surface area contributed by atoms with Crippen molar-refractivity contribution in [2.45, 2.75) is 25.8 Å². The van der Waals surface area contributed by atoms with Crippen molar-refractivity contribution in [3.8, 4) is 0 Å². The number of likely N-dealkylation sites (N-methyl/N-ethyl adjacent to an activating group) is 2. The van der Waals surface area contributed by atoms with E-state index in [9.17, 15) is 4.79 Å². The summed E-state index contributed by atoms with van der Waals surface area (Å²) in [5.41, 5.74) is 0. The number of nitrogens with one attached hydrogen (secondary N) is 1. The van der Waals surface area contributed by atoms with Crippen LogP contribution >= 0.6 is 0 Å². The molecule has 1 aliphatic rings. The fraction of sp³-hybridized carbons (Fsp3) is 0.917. The lowest BCUT2D eigenvalue weighted by atomic mass is 9.93. The minimum absolute atomic E-state index is 0.0379. The van der Waals surface area contributed by atoms with Crippen molar-refractivity contribution in [1.29, 1.82) is 0 Å². The van der Waals surface area contributed by atoms with Gasteiger partial charge in [-0.2, -0.15) is 0 Å². The predicted molar refractivity (Wildman–Crippen MR) is 66.4 cm³/mol. The highest BCUT2D eigenvalue weighted by atomic mass is 16.2. The van der Waals surface area contributed by atoms with Gasteiger partial charge in [-0.15, -0.1) is 0 Å². The molecule has 2 atom stereocenters. The molecule has 1 N–H and O–H groups in total. The Morgan fingerprint density at radius 3 is 2.56 bits per heavy atom. The Kier molecular flexibility index (Phi) is 5.22. The van der Waals surface area contributed by atoms with Gasteiger partial charge < -0.3 is 15.1 Å². The minimum Gasteiger partial charge on any atom is -0.343 e. The first kappa shape index (κ1) is 13.5. The molecule has 0 aromatic rings. The monoisotopic (exact) mass is 227 g/mol. The van der Waals surface area contributed by atoms with Crippen LogP contribution in [0.4, 0.5) is 0 Å². The third-order valence-electron chi connectivity index (χ3n) is 3.22. The van der Waals surface area contributed by atoms with Gasteiger partial charge in [-0.1, -0.05) is 6.92 Å². The summed E-state index contributed by atoms with van der Waals surface area (Å²) in [6.45, 7) is 4.92. The highest BCUT2D eigenvalue weighted by Crippen LogP contribution is 2.16. The Labute approximate surface area is 99.0 Å². The molecule has 0 saturated carbocycles. The van der Waals surface area contributed by atoms with Crippen LogP contribution in [0, 0.1) is 5.92 Å². The Bertz CT molecular complexity index is 230. The molecule has 0 aliphatic carbocycles. The summed E-state index contributed by atoms with van der Waals surface area (Å²) in [5.74, 6) is 0.908. The van der Waals surface area contributed by atoms with E-state index in [-0.39, 0.29) is 11.9 Å². The standard InChI is InChI=1S/C12H25N3O/c1-10-5-6-13-11(9-10)12(16)15(4)8-7-14(2)3/h10-11,13H,5-9H2,1-4H3. The first-order valence-corrected chi connectivity index (χ1v) is 6.13. The molecule has 2 unspecified atom stereocenters. The Balaban J connectivity index is 2.37. The summed E-state index contributed by atoms with van der Waals surface area (Å²) in [6, 6.07) is 0.0379. The van der Waals surface area contributed by atoms with Gasteiger partial charge in [0.1, 0.15) is 0 Å². The van der Waals surface area contributed by atoms with Gasteiger partial charge in [-0.05, 0) is 39.4 Å². The summed E-state index contributed by atoms with van der Waals surface area (Å²) in [6.07, 6.45) is 2.16. The zero-order valence-corrected chi connectivity index (χ0v) is 11.0. The van der Waals surface area contributed by atoms with Crippen LogP contribution in [-0.2, 0) is 4.79 Å². The second-order valence-corrected chi connectivity index (χ2v) is 5.20. The molecule has 1 heterocycles. The predicted octanol–water partition coefficient (Wildman–Crippen LogP) is 0.395. The van der Waals surface area contributed by atoms with E-state index >= 15 is 0 Å². The first-order valence-electron chi connectivity index (χ1n) is 6.13. The normalized spacial score (nSPS) is 25.8. The van der Waals surface area contributed by atoms with Crippen LogP contribution in [-0.4, -0.2) is 62.5 Å². The van der Waals surface area contributed by atoms with Crippen molar-refractivity contribution < 1.29 is 4.79 Å². The summed E-state index contributed by atoms with van der Waals surface area (Å²) in [5, 5.41) is 3.31. The molecule has 4 heteroatoms. The molecule has 1 aliphatic heterocycles. The van der Waals surface area contributed by atoms with Gasteiger partial charge in [0, 0.05) is 20.1 Å². The number of hydrogen-bond acceptors (Lipinski definition) is 3. The lowest BCUT2D eigenvalue weighted by molar-refractivity contribution is -0.133. The van der Waals surface area contributed by atoms with Gasteiger partial charge in [-0.3, -0.25) is 4.79 Å².